The Balaban J connectivity index is 1.62. The highest BCUT2D eigenvalue weighted by atomic mass is 35.5. The highest BCUT2D eigenvalue weighted by molar-refractivity contribution is 6.30. The van der Waals surface area contributed by atoms with Gasteiger partial charge in [-0.05, 0) is 62.2 Å². The van der Waals surface area contributed by atoms with Crippen molar-refractivity contribution in [1.29, 1.82) is 0 Å². The van der Waals surface area contributed by atoms with Crippen molar-refractivity contribution in [2.75, 3.05) is 16.8 Å². The Labute approximate surface area is 187 Å². The highest BCUT2D eigenvalue weighted by Gasteiger charge is 2.22. The Bertz CT molecular complexity index is 1030. The third kappa shape index (κ3) is 5.17. The third-order valence-electron chi connectivity index (χ3n) is 5.27. The lowest BCUT2D eigenvalue weighted by atomic mass is 10.2. The molecule has 2 heterocycles. The number of nitrogens with one attached hydrogen (secondary N) is 1. The Morgan fingerprint density at radius 3 is 2.77 bits per heavy atom. The zero-order chi connectivity index (χ0) is 21.6. The molecule has 1 aliphatic rings. The Morgan fingerprint density at radius 2 is 2.00 bits per heavy atom. The van der Waals surface area contributed by atoms with Crippen LogP contribution in [-0.2, 0) is 19.5 Å². The predicted octanol–water partition coefficient (Wildman–Crippen LogP) is 5.30. The summed E-state index contributed by atoms with van der Waals surface area (Å²) in [6.45, 7) is 3.72. The zero-order valence-corrected chi connectivity index (χ0v) is 18.3. The molecule has 162 valence electrons. The van der Waals surface area contributed by atoms with Crippen molar-refractivity contribution in [3.8, 4) is 5.75 Å². The average Bonchev–Trinajstić information content (AvgIpc) is 2.98. The molecule has 7 nitrogen and oxygen atoms in total. The maximum Gasteiger partial charge on any atom is 0.326 e. The molecule has 0 atom stereocenters. The second kappa shape index (κ2) is 9.83. The van der Waals surface area contributed by atoms with Gasteiger partial charge in [0.05, 0.1) is 13.2 Å². The molecule has 0 fully saturated rings. The van der Waals surface area contributed by atoms with Gasteiger partial charge < -0.3 is 14.6 Å². The fourth-order valence-corrected chi connectivity index (χ4v) is 3.92. The summed E-state index contributed by atoms with van der Waals surface area (Å²) in [5.41, 5.74) is 1.38. The summed E-state index contributed by atoms with van der Waals surface area (Å²) in [5.74, 6) is 2.54. The number of anilines is 2. The number of carbonyl (C=O) groups is 1. The van der Waals surface area contributed by atoms with Crippen LogP contribution in [0, 0.1) is 0 Å². The largest absolute Gasteiger partial charge is 0.494 e. The van der Waals surface area contributed by atoms with Crippen molar-refractivity contribution in [3.63, 3.8) is 0 Å². The smallest absolute Gasteiger partial charge is 0.326 e. The van der Waals surface area contributed by atoms with Gasteiger partial charge in [0.15, 0.2) is 5.82 Å². The van der Waals surface area contributed by atoms with E-state index in [0.29, 0.717) is 23.9 Å². The van der Waals surface area contributed by atoms with Crippen LogP contribution in [0.15, 0.2) is 48.5 Å². The molecule has 2 aromatic carbocycles. The van der Waals surface area contributed by atoms with Gasteiger partial charge in [0.1, 0.15) is 11.6 Å². The number of carbonyl (C=O) groups excluding carboxylic acids is 1. The number of hydrogen-bond donors (Lipinski definition) is 1. The van der Waals surface area contributed by atoms with E-state index in [1.165, 1.54) is 6.42 Å². The van der Waals surface area contributed by atoms with E-state index in [9.17, 15) is 4.79 Å². The molecular formula is C23H26ClN5O2. The van der Waals surface area contributed by atoms with Crippen LogP contribution in [0.25, 0.3) is 0 Å². The van der Waals surface area contributed by atoms with Crippen LogP contribution < -0.4 is 15.0 Å². The zero-order valence-electron chi connectivity index (χ0n) is 17.6. The fourth-order valence-electron chi connectivity index (χ4n) is 3.73. The SMILES string of the molecule is CCOc1ccc(N(Cc2nnc3n2CCCCC3)C(=O)Nc2cccc(Cl)c2)cc1. The summed E-state index contributed by atoms with van der Waals surface area (Å²) in [6.07, 6.45) is 4.32. The molecule has 0 bridgehead atoms. The lowest BCUT2D eigenvalue weighted by Gasteiger charge is -2.23. The van der Waals surface area contributed by atoms with Gasteiger partial charge in [0, 0.05) is 29.4 Å². The van der Waals surface area contributed by atoms with E-state index in [2.05, 4.69) is 20.1 Å². The molecule has 1 N–H and O–H groups in total. The predicted molar refractivity (Wildman–Crippen MR) is 122 cm³/mol. The number of halogens is 1. The molecule has 4 rings (SSSR count). The molecule has 0 radical (unpaired) electrons. The minimum absolute atomic E-state index is 0.266. The number of aryl methyl sites for hydroxylation is 1. The first-order chi connectivity index (χ1) is 15.1. The summed E-state index contributed by atoms with van der Waals surface area (Å²) in [7, 11) is 0. The van der Waals surface area contributed by atoms with Crippen LogP contribution in [0.5, 0.6) is 5.75 Å². The fraction of sp³-hybridized carbons (Fsp3) is 0.348. The average molecular weight is 440 g/mol. The van der Waals surface area contributed by atoms with Gasteiger partial charge in [0.25, 0.3) is 0 Å². The first-order valence-electron chi connectivity index (χ1n) is 10.6. The van der Waals surface area contributed by atoms with Gasteiger partial charge in [0.2, 0.25) is 0 Å². The van der Waals surface area contributed by atoms with Crippen molar-refractivity contribution in [2.45, 2.75) is 45.7 Å². The summed E-state index contributed by atoms with van der Waals surface area (Å²) < 4.78 is 7.70. The monoisotopic (exact) mass is 439 g/mol. The lowest BCUT2D eigenvalue weighted by Crippen LogP contribution is -2.35. The van der Waals surface area contributed by atoms with E-state index >= 15 is 0 Å². The summed E-state index contributed by atoms with van der Waals surface area (Å²) >= 11 is 6.08. The van der Waals surface area contributed by atoms with Crippen LogP contribution in [0.4, 0.5) is 16.2 Å². The van der Waals surface area contributed by atoms with Crippen LogP contribution in [0.3, 0.4) is 0 Å². The molecule has 0 unspecified atom stereocenters. The van der Waals surface area contributed by atoms with E-state index in [1.807, 2.05) is 37.3 Å². The Hall–Kier alpha value is -3.06. The van der Waals surface area contributed by atoms with Crippen molar-refractivity contribution in [2.24, 2.45) is 0 Å². The molecule has 2 amide bonds. The van der Waals surface area contributed by atoms with Gasteiger partial charge in [-0.25, -0.2) is 4.79 Å². The number of ether oxygens (including phenoxy) is 1. The number of aromatic nitrogens is 3. The van der Waals surface area contributed by atoms with Crippen LogP contribution >= 0.6 is 11.6 Å². The van der Waals surface area contributed by atoms with Gasteiger partial charge in [-0.1, -0.05) is 24.1 Å². The van der Waals surface area contributed by atoms with E-state index in [-0.39, 0.29) is 6.03 Å². The van der Waals surface area contributed by atoms with Crippen LogP contribution in [-0.4, -0.2) is 27.4 Å². The summed E-state index contributed by atoms with van der Waals surface area (Å²) in [4.78, 5) is 14.9. The first-order valence-corrected chi connectivity index (χ1v) is 11.0. The molecule has 0 aliphatic carbocycles. The number of benzene rings is 2. The minimum atomic E-state index is -0.266. The van der Waals surface area contributed by atoms with Gasteiger partial charge in [-0.2, -0.15) is 0 Å². The Kier molecular flexibility index (Phi) is 6.72. The van der Waals surface area contributed by atoms with E-state index in [1.54, 1.807) is 23.1 Å². The third-order valence-corrected chi connectivity index (χ3v) is 5.50. The molecule has 1 aliphatic heterocycles. The second-order valence-corrected chi connectivity index (χ2v) is 7.88. The van der Waals surface area contributed by atoms with Crippen LogP contribution in [0.2, 0.25) is 5.02 Å². The lowest BCUT2D eigenvalue weighted by molar-refractivity contribution is 0.256. The molecule has 1 aromatic heterocycles. The van der Waals surface area contributed by atoms with Crippen molar-refractivity contribution >= 4 is 29.0 Å². The number of nitrogens with zero attached hydrogens (tertiary/aromatic N) is 4. The maximum absolute atomic E-state index is 13.3. The normalized spacial score (nSPS) is 13.2. The first kappa shape index (κ1) is 21.2. The van der Waals surface area contributed by atoms with E-state index in [4.69, 9.17) is 16.3 Å². The maximum atomic E-state index is 13.3. The number of amides is 2. The molecule has 31 heavy (non-hydrogen) atoms. The molecule has 0 spiro atoms. The Morgan fingerprint density at radius 1 is 1.16 bits per heavy atom. The number of hydrogen-bond acceptors (Lipinski definition) is 4. The van der Waals surface area contributed by atoms with Gasteiger partial charge in [-0.3, -0.25) is 4.90 Å². The molecule has 0 saturated carbocycles. The molecule has 8 heteroatoms. The quantitative estimate of drug-likeness (QED) is 0.566. The van der Waals surface area contributed by atoms with Crippen LogP contribution in [0.1, 0.15) is 37.8 Å². The number of fused-ring (bicyclic) bond motifs is 1. The molecule has 3 aromatic rings. The minimum Gasteiger partial charge on any atom is -0.494 e. The second-order valence-electron chi connectivity index (χ2n) is 7.45. The summed E-state index contributed by atoms with van der Waals surface area (Å²) in [6, 6.07) is 14.3. The van der Waals surface area contributed by atoms with E-state index < -0.39 is 0 Å². The molecular weight excluding hydrogens is 414 g/mol. The van der Waals surface area contributed by atoms with Crippen molar-refractivity contribution in [1.82, 2.24) is 14.8 Å². The highest BCUT2D eigenvalue weighted by Crippen LogP contribution is 2.24. The van der Waals surface area contributed by atoms with Gasteiger partial charge >= 0.3 is 6.03 Å². The molecule has 0 saturated heterocycles. The van der Waals surface area contributed by atoms with Crippen molar-refractivity contribution in [3.05, 3.63) is 65.2 Å². The number of rotatable bonds is 6. The number of urea groups is 1. The van der Waals surface area contributed by atoms with Gasteiger partial charge in [-0.15, -0.1) is 10.2 Å². The van der Waals surface area contributed by atoms with E-state index in [0.717, 1.165) is 48.9 Å². The topological polar surface area (TPSA) is 72.3 Å². The standard InChI is InChI=1S/C23H26ClN5O2/c1-2-31-20-12-10-19(11-13-20)29(23(30)25-18-8-6-7-17(24)15-18)16-22-27-26-21-9-4-3-5-14-28(21)22/h6-8,10-13,15H,2-5,9,14,16H2,1H3,(H,25,30). The summed E-state index contributed by atoms with van der Waals surface area (Å²) in [5, 5.41) is 12.3. The van der Waals surface area contributed by atoms with Crippen molar-refractivity contribution < 1.29 is 9.53 Å².